The van der Waals surface area contributed by atoms with Gasteiger partial charge in [-0.2, -0.15) is 18.2 Å². The number of anilines is 3. The molecule has 1 amide bonds. The van der Waals surface area contributed by atoms with Gasteiger partial charge in [0.2, 0.25) is 11.9 Å². The summed E-state index contributed by atoms with van der Waals surface area (Å²) in [6, 6.07) is 0. The smallest absolute Gasteiger partial charge is 0.370 e. The number of amides is 1. The van der Waals surface area contributed by atoms with Crippen molar-refractivity contribution in [1.29, 1.82) is 0 Å². The summed E-state index contributed by atoms with van der Waals surface area (Å²) in [5.41, 5.74) is -0.828. The van der Waals surface area contributed by atoms with Gasteiger partial charge in [-0.3, -0.25) is 4.79 Å². The van der Waals surface area contributed by atoms with Crippen molar-refractivity contribution in [1.82, 2.24) is 20.3 Å². The molecule has 1 saturated carbocycles. The molecule has 1 saturated heterocycles. The van der Waals surface area contributed by atoms with Gasteiger partial charge in [0.1, 0.15) is 21.4 Å². The number of alkyl halides is 3. The Morgan fingerprint density at radius 1 is 1.28 bits per heavy atom. The molecule has 0 radical (unpaired) electrons. The van der Waals surface area contributed by atoms with Crippen LogP contribution in [0, 0.1) is 0 Å². The van der Waals surface area contributed by atoms with Crippen molar-refractivity contribution in [2.75, 3.05) is 23.7 Å². The molecule has 2 aromatic heterocycles. The maximum Gasteiger partial charge on any atom is 0.421 e. The Bertz CT molecular complexity index is 1040. The minimum absolute atomic E-state index is 0.0344. The Labute approximate surface area is 191 Å². The van der Waals surface area contributed by atoms with Crippen molar-refractivity contribution in [2.45, 2.75) is 48.8 Å². The number of carbonyl (C=O) groups excluding carboxylic acids is 1. The van der Waals surface area contributed by atoms with Crippen LogP contribution in [-0.2, 0) is 16.4 Å². The van der Waals surface area contributed by atoms with Gasteiger partial charge in [0.05, 0.1) is 34.6 Å². The molecule has 3 N–H and O–H groups in total. The summed E-state index contributed by atoms with van der Waals surface area (Å²) in [6.07, 6.45) is -1.14. The summed E-state index contributed by atoms with van der Waals surface area (Å²) >= 11 is 1.37. The molecule has 2 aromatic rings. The standard InChI is InChI=1S/C18H24B3F3N6OS/c1-2-25-11-9(17(22,23)24)7-27-15(29-11)30-12-10(8-3-4-8)28-14(32-12)16(18(19,20)21)5-6-26-13(16)31/h7-8H,2-6,19-21H2,1H3,(H,26,31)(H2,25,27,29,30). The van der Waals surface area contributed by atoms with Crippen LogP contribution in [-0.4, -0.2) is 57.5 Å². The zero-order valence-corrected chi connectivity index (χ0v) is 19.3. The maximum absolute atomic E-state index is 13.3. The highest BCUT2D eigenvalue weighted by molar-refractivity contribution is 7.16. The molecular formula is C18H24B3F3N6OS. The Morgan fingerprint density at radius 3 is 2.53 bits per heavy atom. The molecule has 14 heteroatoms. The van der Waals surface area contributed by atoms with Crippen molar-refractivity contribution in [2.24, 2.45) is 0 Å². The Morgan fingerprint density at radius 2 is 2.00 bits per heavy atom. The maximum atomic E-state index is 13.3. The monoisotopic (exact) mass is 462 g/mol. The third kappa shape index (κ3) is 3.97. The molecule has 1 atom stereocenters. The largest absolute Gasteiger partial charge is 0.421 e. The lowest BCUT2D eigenvalue weighted by Gasteiger charge is -2.38. The third-order valence-electron chi connectivity index (χ3n) is 6.10. The van der Waals surface area contributed by atoms with E-state index in [0.29, 0.717) is 24.5 Å². The van der Waals surface area contributed by atoms with Crippen LogP contribution in [0.1, 0.15) is 48.4 Å². The first-order valence-corrected chi connectivity index (χ1v) is 11.5. The van der Waals surface area contributed by atoms with E-state index in [2.05, 4.69) is 25.9 Å². The first-order valence-electron chi connectivity index (χ1n) is 10.7. The fourth-order valence-electron chi connectivity index (χ4n) is 4.16. The number of hydrogen-bond donors (Lipinski definition) is 3. The number of aromatic nitrogens is 3. The van der Waals surface area contributed by atoms with Crippen LogP contribution >= 0.6 is 11.3 Å². The van der Waals surface area contributed by atoms with Crippen LogP contribution in [0.4, 0.5) is 29.9 Å². The summed E-state index contributed by atoms with van der Waals surface area (Å²) in [4.78, 5) is 25.8. The lowest BCUT2D eigenvalue weighted by molar-refractivity contribution is -0.137. The quantitative estimate of drug-likeness (QED) is 0.527. The summed E-state index contributed by atoms with van der Waals surface area (Å²) in [6.45, 7) is 2.58. The zero-order chi connectivity index (χ0) is 23.3. The second kappa shape index (κ2) is 7.96. The van der Waals surface area contributed by atoms with Gasteiger partial charge >= 0.3 is 6.18 Å². The highest BCUT2D eigenvalue weighted by Gasteiger charge is 2.54. The van der Waals surface area contributed by atoms with Crippen LogP contribution in [0.15, 0.2) is 6.20 Å². The van der Waals surface area contributed by atoms with E-state index in [1.54, 1.807) is 6.92 Å². The average Bonchev–Trinajstić information content (AvgIpc) is 3.32. The predicted octanol–water partition coefficient (Wildman–Crippen LogP) is 0.735. The molecule has 168 valence electrons. The average molecular weight is 462 g/mol. The van der Waals surface area contributed by atoms with E-state index in [0.717, 1.165) is 29.7 Å². The molecule has 0 bridgehead atoms. The molecule has 7 nitrogen and oxygen atoms in total. The van der Waals surface area contributed by atoms with Crippen molar-refractivity contribution in [3.63, 3.8) is 0 Å². The van der Waals surface area contributed by atoms with Crippen molar-refractivity contribution >= 4 is 57.6 Å². The van der Waals surface area contributed by atoms with E-state index >= 15 is 0 Å². The minimum atomic E-state index is -4.55. The molecule has 32 heavy (non-hydrogen) atoms. The van der Waals surface area contributed by atoms with Crippen molar-refractivity contribution < 1.29 is 18.0 Å². The van der Waals surface area contributed by atoms with Gasteiger partial charge in [0.15, 0.2) is 0 Å². The second-order valence-corrected chi connectivity index (χ2v) is 10.3. The first kappa shape index (κ1) is 22.9. The van der Waals surface area contributed by atoms with E-state index in [4.69, 9.17) is 4.98 Å². The SMILES string of the molecule is BC(B)(B)C1(c2nc(C3CC3)c(Nc3ncc(C(F)(F)F)c(NCC)n3)s2)CCNC1=O. The van der Waals surface area contributed by atoms with Gasteiger partial charge in [0.25, 0.3) is 0 Å². The fraction of sp³-hybridized carbons (Fsp3) is 0.556. The number of halogens is 3. The molecule has 1 unspecified atom stereocenters. The Balaban J connectivity index is 1.73. The lowest BCUT2D eigenvalue weighted by atomic mass is 9.32. The Hall–Kier alpha value is -2.24. The molecule has 3 heterocycles. The Kier molecular flexibility index (Phi) is 5.71. The van der Waals surface area contributed by atoms with E-state index in [1.807, 2.05) is 23.5 Å². The second-order valence-electron chi connectivity index (χ2n) is 9.28. The fourth-order valence-corrected chi connectivity index (χ4v) is 5.63. The number of thiazole rings is 1. The summed E-state index contributed by atoms with van der Waals surface area (Å²) in [5.74, 6) is 0.0304. The first-order chi connectivity index (χ1) is 15.0. The molecule has 0 aromatic carbocycles. The molecule has 4 rings (SSSR count). The molecule has 1 aliphatic carbocycles. The van der Waals surface area contributed by atoms with Crippen LogP contribution in [0.2, 0.25) is 5.11 Å². The number of nitrogens with zero attached hydrogens (tertiary/aromatic N) is 3. The van der Waals surface area contributed by atoms with E-state index < -0.39 is 17.2 Å². The van der Waals surface area contributed by atoms with Gasteiger partial charge in [0, 0.05) is 25.2 Å². The molecule has 2 aliphatic rings. The number of nitrogens with one attached hydrogen (secondary N) is 3. The summed E-state index contributed by atoms with van der Waals surface area (Å²) < 4.78 is 39.9. The lowest BCUT2D eigenvalue weighted by Crippen LogP contribution is -2.47. The van der Waals surface area contributed by atoms with Crippen LogP contribution in [0.25, 0.3) is 0 Å². The van der Waals surface area contributed by atoms with Gasteiger partial charge < -0.3 is 16.0 Å². The normalized spacial score (nSPS) is 21.4. The van der Waals surface area contributed by atoms with Gasteiger partial charge in [-0.1, -0.05) is 16.4 Å². The molecule has 1 aliphatic heterocycles. The predicted molar refractivity (Wildman–Crippen MR) is 126 cm³/mol. The van der Waals surface area contributed by atoms with Crippen molar-refractivity contribution in [3.05, 3.63) is 22.5 Å². The molecule has 0 spiro atoms. The van der Waals surface area contributed by atoms with Gasteiger partial charge in [-0.25, -0.2) is 9.97 Å². The van der Waals surface area contributed by atoms with Crippen LogP contribution in [0.3, 0.4) is 0 Å². The minimum Gasteiger partial charge on any atom is -0.370 e. The topological polar surface area (TPSA) is 91.8 Å². The van der Waals surface area contributed by atoms with Gasteiger partial charge in [-0.15, -0.1) is 0 Å². The summed E-state index contributed by atoms with van der Waals surface area (Å²) in [7, 11) is 6.10. The highest BCUT2D eigenvalue weighted by atomic mass is 32.1. The highest BCUT2D eigenvalue weighted by Crippen LogP contribution is 2.52. The van der Waals surface area contributed by atoms with Crippen molar-refractivity contribution in [3.8, 4) is 0 Å². The summed E-state index contributed by atoms with van der Waals surface area (Å²) in [5, 5.41) is 9.76. The molecule has 2 fully saturated rings. The van der Waals surface area contributed by atoms with E-state index in [1.165, 1.54) is 11.3 Å². The van der Waals surface area contributed by atoms with Crippen LogP contribution < -0.4 is 16.0 Å². The number of hydrogen-bond acceptors (Lipinski definition) is 7. The number of carbonyl (C=O) groups is 1. The molecular weight excluding hydrogens is 438 g/mol. The number of rotatable bonds is 7. The van der Waals surface area contributed by atoms with E-state index in [9.17, 15) is 18.0 Å². The van der Waals surface area contributed by atoms with E-state index in [-0.39, 0.29) is 28.7 Å². The zero-order valence-electron chi connectivity index (χ0n) is 18.5. The third-order valence-corrected chi connectivity index (χ3v) is 7.25. The van der Waals surface area contributed by atoms with Crippen LogP contribution in [0.5, 0.6) is 0 Å². The van der Waals surface area contributed by atoms with Gasteiger partial charge in [-0.05, 0) is 26.2 Å².